The van der Waals surface area contributed by atoms with Gasteiger partial charge in [-0.2, -0.15) is 5.26 Å². The van der Waals surface area contributed by atoms with E-state index >= 15 is 0 Å². The Kier molecular flexibility index (Phi) is 6.36. The van der Waals surface area contributed by atoms with Gasteiger partial charge in [-0.25, -0.2) is 8.78 Å². The quantitative estimate of drug-likeness (QED) is 0.584. The van der Waals surface area contributed by atoms with Crippen LogP contribution in [-0.2, 0) is 23.8 Å². The Labute approximate surface area is 216 Å². The smallest absolute Gasteiger partial charge is 0.270 e. The van der Waals surface area contributed by atoms with Crippen molar-refractivity contribution in [3.05, 3.63) is 82.1 Å². The van der Waals surface area contributed by atoms with E-state index in [4.69, 9.17) is 4.99 Å². The van der Waals surface area contributed by atoms with Crippen molar-refractivity contribution in [2.24, 2.45) is 10.4 Å². The number of alkyl halides is 2. The molecule has 0 radical (unpaired) electrons. The van der Waals surface area contributed by atoms with Crippen LogP contribution < -0.4 is 0 Å². The molecule has 3 heterocycles. The third-order valence-electron chi connectivity index (χ3n) is 7.21. The monoisotopic (exact) mass is 503 g/mol. The van der Waals surface area contributed by atoms with E-state index in [9.17, 15) is 18.8 Å². The zero-order valence-electron chi connectivity index (χ0n) is 21.5. The highest BCUT2D eigenvalue weighted by Gasteiger charge is 2.43. The van der Waals surface area contributed by atoms with E-state index in [2.05, 4.69) is 29.7 Å². The minimum Gasteiger partial charge on any atom is -0.315 e. The van der Waals surface area contributed by atoms with Gasteiger partial charge in [0.05, 0.1) is 23.8 Å². The highest BCUT2D eigenvalue weighted by atomic mass is 19.3. The summed E-state index contributed by atoms with van der Waals surface area (Å²) in [6.45, 7) is 8.85. The number of nitriles is 1. The molecular weight excluding hydrogens is 472 g/mol. The van der Waals surface area contributed by atoms with Crippen molar-refractivity contribution in [2.45, 2.75) is 46.2 Å². The molecule has 0 bridgehead atoms. The number of guanidine groups is 1. The Balaban J connectivity index is 1.43. The summed E-state index contributed by atoms with van der Waals surface area (Å²) in [5.74, 6) is -2.33. The predicted molar refractivity (Wildman–Crippen MR) is 137 cm³/mol. The summed E-state index contributed by atoms with van der Waals surface area (Å²) < 4.78 is 27.4. The number of carbonyl (C=O) groups is 1. The number of halogens is 2. The average molecular weight is 504 g/mol. The topological polar surface area (TPSA) is 62.9 Å². The van der Waals surface area contributed by atoms with Gasteiger partial charge in [0.15, 0.2) is 0 Å². The lowest BCUT2D eigenvalue weighted by Crippen LogP contribution is -2.59. The number of nitrogens with zero attached hydrogens (tertiary/aromatic N) is 5. The van der Waals surface area contributed by atoms with Gasteiger partial charge in [0.2, 0.25) is 5.96 Å². The third kappa shape index (κ3) is 5.14. The maximum absolute atomic E-state index is 13.9. The molecule has 0 saturated heterocycles. The van der Waals surface area contributed by atoms with Crippen molar-refractivity contribution < 1.29 is 13.6 Å². The van der Waals surface area contributed by atoms with Crippen LogP contribution in [0, 0.1) is 16.7 Å². The number of benzene rings is 2. The molecule has 0 aliphatic carbocycles. The zero-order valence-corrected chi connectivity index (χ0v) is 21.5. The van der Waals surface area contributed by atoms with Crippen LogP contribution in [0.5, 0.6) is 0 Å². The lowest BCUT2D eigenvalue weighted by atomic mass is 9.89. The molecule has 8 heteroatoms. The first-order valence-corrected chi connectivity index (χ1v) is 12.6. The molecule has 0 fully saturated rings. The van der Waals surface area contributed by atoms with Gasteiger partial charge in [-0.1, -0.05) is 50.2 Å². The average Bonchev–Trinajstić information content (AvgIpc) is 2.86. The van der Waals surface area contributed by atoms with Crippen LogP contribution in [0.2, 0.25) is 0 Å². The van der Waals surface area contributed by atoms with E-state index in [1.54, 1.807) is 23.1 Å². The van der Waals surface area contributed by atoms with Crippen molar-refractivity contribution in [3.63, 3.8) is 0 Å². The molecule has 0 spiro atoms. The van der Waals surface area contributed by atoms with Crippen molar-refractivity contribution in [1.29, 1.82) is 5.26 Å². The number of hydrogen-bond donors (Lipinski definition) is 0. The summed E-state index contributed by atoms with van der Waals surface area (Å²) in [4.78, 5) is 24.8. The second-order valence-electron chi connectivity index (χ2n) is 11.0. The van der Waals surface area contributed by atoms with Crippen molar-refractivity contribution in [3.8, 4) is 6.07 Å². The van der Waals surface area contributed by atoms with Crippen LogP contribution in [0.3, 0.4) is 0 Å². The molecule has 37 heavy (non-hydrogen) atoms. The lowest BCUT2D eigenvalue weighted by molar-refractivity contribution is -0.126. The molecule has 0 unspecified atom stereocenters. The molecule has 2 aromatic carbocycles. The van der Waals surface area contributed by atoms with Crippen LogP contribution in [0.4, 0.5) is 8.78 Å². The molecule has 0 saturated carbocycles. The Bertz CT molecular complexity index is 1320. The summed E-state index contributed by atoms with van der Waals surface area (Å²) in [6.07, 6.45) is 0.738. The largest absolute Gasteiger partial charge is 0.315 e. The Morgan fingerprint density at radius 1 is 1.11 bits per heavy atom. The van der Waals surface area contributed by atoms with Crippen LogP contribution in [0.1, 0.15) is 49.4 Å². The molecule has 6 nitrogen and oxygen atoms in total. The number of hydrogen-bond acceptors (Lipinski definition) is 5. The van der Waals surface area contributed by atoms with Crippen LogP contribution >= 0.6 is 0 Å². The fourth-order valence-electron chi connectivity index (χ4n) is 5.28. The second kappa shape index (κ2) is 9.38. The van der Waals surface area contributed by atoms with Gasteiger partial charge in [0.1, 0.15) is 0 Å². The highest BCUT2D eigenvalue weighted by molar-refractivity contribution is 6.09. The SMILES string of the molecule is CC1(C)CN=C2N(Cc3ccc(C(C)(F)F)cc3)C(=O)C3=C(CCN(Cc4cccc(C#N)c4)C3)N2C1. The summed E-state index contributed by atoms with van der Waals surface area (Å²) in [5, 5.41) is 9.24. The normalized spacial score (nSPS) is 19.8. The van der Waals surface area contributed by atoms with Crippen LogP contribution in [-0.4, -0.2) is 52.7 Å². The van der Waals surface area contributed by atoms with E-state index in [0.717, 1.165) is 48.8 Å². The Morgan fingerprint density at radius 2 is 1.86 bits per heavy atom. The molecular formula is C29H31F2N5O. The molecule has 3 aliphatic heterocycles. The molecule has 0 N–H and O–H groups in total. The zero-order chi connectivity index (χ0) is 26.4. The van der Waals surface area contributed by atoms with E-state index in [-0.39, 0.29) is 23.4 Å². The first kappa shape index (κ1) is 25.1. The summed E-state index contributed by atoms with van der Waals surface area (Å²) >= 11 is 0. The molecule has 192 valence electrons. The molecule has 1 amide bonds. The molecule has 0 aromatic heterocycles. The second-order valence-corrected chi connectivity index (χ2v) is 11.0. The van der Waals surface area contributed by atoms with E-state index < -0.39 is 5.92 Å². The molecule has 0 atom stereocenters. The maximum atomic E-state index is 13.9. The van der Waals surface area contributed by atoms with Gasteiger partial charge in [-0.3, -0.25) is 19.6 Å². The van der Waals surface area contributed by atoms with Crippen molar-refractivity contribution >= 4 is 11.9 Å². The van der Waals surface area contributed by atoms with Gasteiger partial charge < -0.3 is 4.90 Å². The van der Waals surface area contributed by atoms with Gasteiger partial charge in [-0.15, -0.1) is 0 Å². The number of aliphatic imine (C=N–C) groups is 1. The summed E-state index contributed by atoms with van der Waals surface area (Å²) in [5.41, 5.74) is 4.16. The van der Waals surface area contributed by atoms with Crippen LogP contribution in [0.25, 0.3) is 0 Å². The minimum absolute atomic E-state index is 0.0309. The van der Waals surface area contributed by atoms with E-state index in [1.807, 2.05) is 18.2 Å². The third-order valence-corrected chi connectivity index (χ3v) is 7.21. The summed E-state index contributed by atoms with van der Waals surface area (Å²) in [7, 11) is 0. The number of amides is 1. The van der Waals surface area contributed by atoms with E-state index in [0.29, 0.717) is 31.2 Å². The van der Waals surface area contributed by atoms with Gasteiger partial charge >= 0.3 is 0 Å². The van der Waals surface area contributed by atoms with Gasteiger partial charge in [0.25, 0.3) is 11.8 Å². The van der Waals surface area contributed by atoms with Gasteiger partial charge in [-0.05, 0) is 23.3 Å². The summed E-state index contributed by atoms with van der Waals surface area (Å²) in [6, 6.07) is 15.9. The van der Waals surface area contributed by atoms with Gasteiger partial charge in [0, 0.05) is 62.7 Å². The fourth-order valence-corrected chi connectivity index (χ4v) is 5.28. The lowest BCUT2D eigenvalue weighted by Gasteiger charge is -2.48. The Hall–Kier alpha value is -3.57. The standard InChI is InChI=1S/C29H31F2N5O/c1-28(2)18-33-27-35(16-20-7-9-23(10-8-20)29(3,30)31)26(37)24-17-34(12-11-25(24)36(27)19-28)15-22-6-4-5-21(13-22)14-32/h4-10,13H,11-12,15-19H2,1-3H3. The first-order valence-electron chi connectivity index (χ1n) is 12.6. The number of carbonyl (C=O) groups excluding carboxylic acids is 1. The number of fused-ring (bicyclic) bond motifs is 2. The first-order chi connectivity index (χ1) is 17.5. The molecule has 5 rings (SSSR count). The molecule has 2 aromatic rings. The minimum atomic E-state index is -2.91. The van der Waals surface area contributed by atoms with Crippen molar-refractivity contribution in [1.82, 2.24) is 14.7 Å². The fraction of sp³-hybridized carbons (Fsp3) is 0.414. The molecule has 3 aliphatic rings. The maximum Gasteiger partial charge on any atom is 0.270 e. The predicted octanol–water partition coefficient (Wildman–Crippen LogP) is 4.87. The number of rotatable bonds is 5. The Morgan fingerprint density at radius 3 is 2.57 bits per heavy atom. The van der Waals surface area contributed by atoms with Crippen molar-refractivity contribution in [2.75, 3.05) is 26.2 Å². The van der Waals surface area contributed by atoms with Crippen LogP contribution in [0.15, 0.2) is 64.8 Å². The van der Waals surface area contributed by atoms with E-state index in [1.165, 1.54) is 12.1 Å². The highest BCUT2D eigenvalue weighted by Crippen LogP contribution is 2.36.